The lowest BCUT2D eigenvalue weighted by molar-refractivity contribution is -0.139. The van der Waals surface area contributed by atoms with Crippen molar-refractivity contribution in [3.63, 3.8) is 0 Å². The van der Waals surface area contributed by atoms with Crippen LogP contribution in [-0.2, 0) is 4.79 Å². The minimum Gasteiger partial charge on any atom is -0.480 e. The number of hydrogen-bond acceptors (Lipinski definition) is 4. The number of rotatable bonds is 6. The van der Waals surface area contributed by atoms with Crippen LogP contribution in [0.2, 0.25) is 0 Å². The smallest absolute Gasteiger partial charge is 0.326 e. The first-order chi connectivity index (χ1) is 10.5. The van der Waals surface area contributed by atoms with Gasteiger partial charge in [-0.05, 0) is 29.9 Å². The molecule has 0 radical (unpaired) electrons. The van der Waals surface area contributed by atoms with Gasteiger partial charge in [0.2, 0.25) is 0 Å². The maximum atomic E-state index is 12.2. The van der Waals surface area contributed by atoms with E-state index in [1.807, 2.05) is 44.2 Å². The molecule has 0 fully saturated rings. The van der Waals surface area contributed by atoms with Gasteiger partial charge in [0.25, 0.3) is 5.91 Å². The van der Waals surface area contributed by atoms with Gasteiger partial charge in [-0.15, -0.1) is 0 Å². The van der Waals surface area contributed by atoms with Gasteiger partial charge < -0.3 is 10.4 Å². The molecule has 1 atom stereocenters. The molecule has 2 aromatic rings. The molecule has 1 aromatic carbocycles. The summed E-state index contributed by atoms with van der Waals surface area (Å²) in [4.78, 5) is 23.8. The van der Waals surface area contributed by atoms with Crippen molar-refractivity contribution in [3.05, 3.63) is 41.3 Å². The Kier molecular flexibility index (Phi) is 5.27. The van der Waals surface area contributed by atoms with Crippen LogP contribution in [-0.4, -0.2) is 27.4 Å². The number of benzene rings is 1. The highest BCUT2D eigenvalue weighted by atomic mass is 32.1. The van der Waals surface area contributed by atoms with Crippen LogP contribution in [0.1, 0.15) is 29.9 Å². The molecule has 0 saturated carbocycles. The maximum Gasteiger partial charge on any atom is 0.326 e. The molecule has 0 bridgehead atoms. The number of aliphatic carboxylic acids is 1. The number of carbonyl (C=O) groups is 2. The van der Waals surface area contributed by atoms with Gasteiger partial charge in [0.05, 0.1) is 5.69 Å². The normalized spacial score (nSPS) is 12.1. The quantitative estimate of drug-likeness (QED) is 0.858. The second-order valence-electron chi connectivity index (χ2n) is 5.44. The second kappa shape index (κ2) is 7.17. The Balaban J connectivity index is 2.10. The molecular formula is C16H18N2O3S. The van der Waals surface area contributed by atoms with E-state index in [1.54, 1.807) is 6.07 Å². The van der Waals surface area contributed by atoms with Crippen LogP contribution in [0.5, 0.6) is 0 Å². The molecule has 6 heteroatoms. The first-order valence-electron chi connectivity index (χ1n) is 7.03. The summed E-state index contributed by atoms with van der Waals surface area (Å²) in [6.45, 7) is 3.84. The molecule has 0 unspecified atom stereocenters. The summed E-state index contributed by atoms with van der Waals surface area (Å²) in [7, 11) is 0. The van der Waals surface area contributed by atoms with Gasteiger partial charge in [0, 0.05) is 5.56 Å². The molecule has 116 valence electrons. The van der Waals surface area contributed by atoms with Crippen LogP contribution < -0.4 is 5.32 Å². The average Bonchev–Trinajstić information content (AvgIpc) is 2.96. The van der Waals surface area contributed by atoms with E-state index in [1.165, 1.54) is 0 Å². The summed E-state index contributed by atoms with van der Waals surface area (Å²) in [5.41, 5.74) is 1.64. The number of nitrogens with one attached hydrogen (secondary N) is 1. The van der Waals surface area contributed by atoms with Crippen molar-refractivity contribution in [1.82, 2.24) is 9.69 Å². The summed E-state index contributed by atoms with van der Waals surface area (Å²) in [6, 6.07) is 10.3. The van der Waals surface area contributed by atoms with Gasteiger partial charge in [0.15, 0.2) is 0 Å². The van der Waals surface area contributed by atoms with Gasteiger partial charge in [-0.2, -0.15) is 4.37 Å². The van der Waals surface area contributed by atoms with E-state index in [2.05, 4.69) is 9.69 Å². The van der Waals surface area contributed by atoms with Crippen molar-refractivity contribution >= 4 is 23.4 Å². The lowest BCUT2D eigenvalue weighted by atomic mass is 10.0. The number of aromatic nitrogens is 1. The Morgan fingerprint density at radius 1 is 1.27 bits per heavy atom. The zero-order chi connectivity index (χ0) is 16.1. The summed E-state index contributed by atoms with van der Waals surface area (Å²) >= 11 is 1.07. The minimum absolute atomic E-state index is 0.183. The summed E-state index contributed by atoms with van der Waals surface area (Å²) in [5.74, 6) is -1.23. The molecule has 0 aliphatic carbocycles. The fourth-order valence-electron chi connectivity index (χ4n) is 2.05. The van der Waals surface area contributed by atoms with Gasteiger partial charge in [-0.3, -0.25) is 4.79 Å². The second-order valence-corrected chi connectivity index (χ2v) is 6.24. The maximum absolute atomic E-state index is 12.2. The highest BCUT2D eigenvalue weighted by molar-refractivity contribution is 7.08. The first kappa shape index (κ1) is 16.2. The predicted octanol–water partition coefficient (Wildman–Crippen LogP) is 3.04. The monoisotopic (exact) mass is 318 g/mol. The van der Waals surface area contributed by atoms with Gasteiger partial charge >= 0.3 is 5.97 Å². The number of carboxylic acid groups (broad SMARTS) is 1. The Labute approximate surface area is 133 Å². The van der Waals surface area contributed by atoms with Crippen LogP contribution in [0, 0.1) is 5.92 Å². The number of hydrogen-bond donors (Lipinski definition) is 2. The van der Waals surface area contributed by atoms with Crippen LogP contribution >= 0.6 is 11.5 Å². The predicted molar refractivity (Wildman–Crippen MR) is 85.9 cm³/mol. The Morgan fingerprint density at radius 2 is 1.95 bits per heavy atom. The van der Waals surface area contributed by atoms with E-state index < -0.39 is 17.9 Å². The Hall–Kier alpha value is -2.21. The van der Waals surface area contributed by atoms with E-state index in [9.17, 15) is 14.7 Å². The van der Waals surface area contributed by atoms with E-state index >= 15 is 0 Å². The summed E-state index contributed by atoms with van der Waals surface area (Å²) < 4.78 is 4.25. The molecular weight excluding hydrogens is 300 g/mol. The SMILES string of the molecule is CC(C)C[C@H](NC(=O)c1cc(-c2ccccc2)ns1)C(=O)O. The van der Waals surface area contributed by atoms with E-state index in [-0.39, 0.29) is 5.92 Å². The fraction of sp³-hybridized carbons (Fsp3) is 0.312. The highest BCUT2D eigenvalue weighted by Crippen LogP contribution is 2.21. The standard InChI is InChI=1S/C16H18N2O3S/c1-10(2)8-13(16(20)21)17-15(19)14-9-12(18-22-14)11-6-4-3-5-7-11/h3-7,9-10,13H,8H2,1-2H3,(H,17,19)(H,20,21)/t13-/m0/s1. The van der Waals surface area contributed by atoms with Gasteiger partial charge in [0.1, 0.15) is 10.9 Å². The minimum atomic E-state index is -1.02. The molecule has 1 aromatic heterocycles. The lowest BCUT2D eigenvalue weighted by Gasteiger charge is -2.15. The molecule has 1 amide bonds. The molecule has 0 saturated heterocycles. The van der Waals surface area contributed by atoms with Gasteiger partial charge in [-0.1, -0.05) is 44.2 Å². The van der Waals surface area contributed by atoms with Crippen LogP contribution in [0.25, 0.3) is 11.3 Å². The number of carboxylic acids is 1. The van der Waals surface area contributed by atoms with Crippen molar-refractivity contribution in [2.45, 2.75) is 26.3 Å². The molecule has 1 heterocycles. The fourth-order valence-corrected chi connectivity index (χ4v) is 2.71. The average molecular weight is 318 g/mol. The third-order valence-corrected chi connectivity index (χ3v) is 3.90. The number of nitrogens with zero attached hydrogens (tertiary/aromatic N) is 1. The zero-order valence-corrected chi connectivity index (χ0v) is 13.3. The number of amides is 1. The van der Waals surface area contributed by atoms with Crippen LogP contribution in [0.4, 0.5) is 0 Å². The highest BCUT2D eigenvalue weighted by Gasteiger charge is 2.22. The zero-order valence-electron chi connectivity index (χ0n) is 12.4. The molecule has 5 nitrogen and oxygen atoms in total. The number of carbonyl (C=O) groups excluding carboxylic acids is 1. The van der Waals surface area contributed by atoms with Crippen molar-refractivity contribution in [2.24, 2.45) is 5.92 Å². The van der Waals surface area contributed by atoms with Crippen molar-refractivity contribution in [2.75, 3.05) is 0 Å². The van der Waals surface area contributed by atoms with Crippen molar-refractivity contribution in [1.29, 1.82) is 0 Å². The van der Waals surface area contributed by atoms with Crippen molar-refractivity contribution in [3.8, 4) is 11.3 Å². The Morgan fingerprint density at radius 3 is 2.55 bits per heavy atom. The molecule has 2 N–H and O–H groups in total. The largest absolute Gasteiger partial charge is 0.480 e. The molecule has 0 aliphatic heterocycles. The first-order valence-corrected chi connectivity index (χ1v) is 7.80. The van der Waals surface area contributed by atoms with Crippen molar-refractivity contribution < 1.29 is 14.7 Å². The van der Waals surface area contributed by atoms with E-state index in [0.717, 1.165) is 17.1 Å². The van der Waals surface area contributed by atoms with Crippen LogP contribution in [0.3, 0.4) is 0 Å². The lowest BCUT2D eigenvalue weighted by Crippen LogP contribution is -2.41. The third kappa shape index (κ3) is 4.14. The molecule has 22 heavy (non-hydrogen) atoms. The molecule has 0 aliphatic rings. The van der Waals surface area contributed by atoms with E-state index in [4.69, 9.17) is 0 Å². The molecule has 2 rings (SSSR count). The summed E-state index contributed by atoms with van der Waals surface area (Å²) in [6.07, 6.45) is 0.394. The Bertz CT molecular complexity index is 652. The topological polar surface area (TPSA) is 79.3 Å². The van der Waals surface area contributed by atoms with E-state index in [0.29, 0.717) is 17.0 Å². The van der Waals surface area contributed by atoms with Crippen LogP contribution in [0.15, 0.2) is 36.4 Å². The third-order valence-electron chi connectivity index (χ3n) is 3.11. The van der Waals surface area contributed by atoms with Gasteiger partial charge in [-0.25, -0.2) is 4.79 Å². The summed E-state index contributed by atoms with van der Waals surface area (Å²) in [5, 5.41) is 11.7. The molecule has 0 spiro atoms.